The van der Waals surface area contributed by atoms with Crippen LogP contribution in [0.25, 0.3) is 5.57 Å². The molecule has 0 aliphatic carbocycles. The maximum atomic E-state index is 13.6. The third kappa shape index (κ3) is 4.88. The highest BCUT2D eigenvalue weighted by atomic mass is 16.5. The molecule has 0 bridgehead atoms. The third-order valence-electron chi connectivity index (χ3n) is 5.85. The van der Waals surface area contributed by atoms with Gasteiger partial charge in [-0.05, 0) is 62.1 Å². The molecule has 0 aromatic heterocycles. The van der Waals surface area contributed by atoms with Crippen molar-refractivity contribution in [2.24, 2.45) is 0 Å². The summed E-state index contributed by atoms with van der Waals surface area (Å²) in [4.78, 5) is 28.5. The second-order valence-electron chi connectivity index (χ2n) is 8.42. The van der Waals surface area contributed by atoms with E-state index in [0.717, 1.165) is 24.8 Å². The number of anilines is 2. The van der Waals surface area contributed by atoms with E-state index in [4.69, 9.17) is 4.74 Å². The van der Waals surface area contributed by atoms with Crippen LogP contribution >= 0.6 is 0 Å². The zero-order chi connectivity index (χ0) is 24.1. The first-order chi connectivity index (χ1) is 16.5. The number of carbonyl (C=O) groups excluding carboxylic acids is 2. The molecule has 1 aliphatic heterocycles. The summed E-state index contributed by atoms with van der Waals surface area (Å²) in [5.41, 5.74) is 4.86. The molecule has 1 aliphatic rings. The fourth-order valence-corrected chi connectivity index (χ4v) is 4.04. The Morgan fingerprint density at radius 2 is 1.62 bits per heavy atom. The molecular formula is C29H30N2O3. The standard InChI is InChI=1S/C29H30N2O3/c1-4-6-8-21-13-17-24(18-14-21)31-28(32)26(22-15-11-20(3)12-16-22)27(29(31)33)30-23-9-7-10-25(19-23)34-5-2/h7,9-19,30H,4-6,8H2,1-3H3. The molecule has 0 saturated heterocycles. The number of imide groups is 1. The van der Waals surface area contributed by atoms with Gasteiger partial charge in [-0.3, -0.25) is 9.59 Å². The van der Waals surface area contributed by atoms with Crippen molar-refractivity contribution in [2.75, 3.05) is 16.8 Å². The Balaban J connectivity index is 1.71. The van der Waals surface area contributed by atoms with E-state index in [1.165, 1.54) is 10.5 Å². The SMILES string of the molecule is CCCCc1ccc(N2C(=O)C(Nc3cccc(OCC)c3)=C(c3ccc(C)cc3)C2=O)cc1. The van der Waals surface area contributed by atoms with Gasteiger partial charge in [0.25, 0.3) is 11.8 Å². The number of carbonyl (C=O) groups is 2. The van der Waals surface area contributed by atoms with Crippen LogP contribution in [0.15, 0.2) is 78.5 Å². The Bertz CT molecular complexity index is 1210. The quantitative estimate of drug-likeness (QED) is 0.395. The average molecular weight is 455 g/mol. The molecule has 2 amide bonds. The molecule has 0 spiro atoms. The van der Waals surface area contributed by atoms with Crippen LogP contribution in [0.1, 0.15) is 43.4 Å². The van der Waals surface area contributed by atoms with Crippen molar-refractivity contribution >= 4 is 28.8 Å². The highest BCUT2D eigenvalue weighted by molar-refractivity contribution is 6.46. The van der Waals surface area contributed by atoms with Crippen LogP contribution in [0.5, 0.6) is 5.75 Å². The highest BCUT2D eigenvalue weighted by Crippen LogP contribution is 2.34. The van der Waals surface area contributed by atoms with E-state index < -0.39 is 0 Å². The van der Waals surface area contributed by atoms with E-state index in [-0.39, 0.29) is 17.5 Å². The van der Waals surface area contributed by atoms with Gasteiger partial charge in [0.2, 0.25) is 0 Å². The molecule has 1 heterocycles. The summed E-state index contributed by atoms with van der Waals surface area (Å²) < 4.78 is 5.59. The molecular weight excluding hydrogens is 424 g/mol. The zero-order valence-electron chi connectivity index (χ0n) is 19.9. The van der Waals surface area contributed by atoms with Crippen LogP contribution < -0.4 is 15.0 Å². The lowest BCUT2D eigenvalue weighted by Crippen LogP contribution is -2.32. The van der Waals surface area contributed by atoms with Gasteiger partial charge in [0, 0.05) is 11.8 Å². The number of unbranched alkanes of at least 4 members (excludes halogenated alkanes) is 1. The monoisotopic (exact) mass is 454 g/mol. The minimum atomic E-state index is -0.372. The van der Waals surface area contributed by atoms with E-state index in [1.54, 1.807) is 0 Å². The fraction of sp³-hybridized carbons (Fsp3) is 0.241. The van der Waals surface area contributed by atoms with Crippen molar-refractivity contribution in [3.8, 4) is 5.75 Å². The predicted octanol–water partition coefficient (Wildman–Crippen LogP) is 6.13. The number of ether oxygens (including phenoxy) is 1. The second-order valence-corrected chi connectivity index (χ2v) is 8.42. The lowest BCUT2D eigenvalue weighted by Gasteiger charge is -2.16. The van der Waals surface area contributed by atoms with Gasteiger partial charge in [0.05, 0.1) is 17.9 Å². The number of amides is 2. The largest absolute Gasteiger partial charge is 0.494 e. The van der Waals surface area contributed by atoms with Gasteiger partial charge in [-0.25, -0.2) is 4.90 Å². The Morgan fingerprint density at radius 3 is 2.29 bits per heavy atom. The van der Waals surface area contributed by atoms with E-state index >= 15 is 0 Å². The van der Waals surface area contributed by atoms with Crippen LogP contribution in [-0.4, -0.2) is 18.4 Å². The summed E-state index contributed by atoms with van der Waals surface area (Å²) in [6.07, 6.45) is 3.21. The van der Waals surface area contributed by atoms with Crippen molar-refractivity contribution in [2.45, 2.75) is 40.0 Å². The van der Waals surface area contributed by atoms with Gasteiger partial charge in [-0.1, -0.05) is 61.4 Å². The van der Waals surface area contributed by atoms with Crippen LogP contribution in [0.4, 0.5) is 11.4 Å². The van der Waals surface area contributed by atoms with Crippen LogP contribution in [0.2, 0.25) is 0 Å². The molecule has 0 saturated carbocycles. The average Bonchev–Trinajstić information content (AvgIpc) is 3.08. The number of aryl methyl sites for hydroxylation is 2. The summed E-state index contributed by atoms with van der Waals surface area (Å²) in [6.45, 7) is 6.61. The maximum absolute atomic E-state index is 13.6. The molecule has 0 fully saturated rings. The number of hydrogen-bond acceptors (Lipinski definition) is 4. The van der Waals surface area contributed by atoms with Crippen molar-refractivity contribution < 1.29 is 14.3 Å². The molecule has 3 aromatic rings. The fourth-order valence-electron chi connectivity index (χ4n) is 4.04. The van der Waals surface area contributed by atoms with Crippen LogP contribution in [0.3, 0.4) is 0 Å². The van der Waals surface area contributed by atoms with E-state index in [1.807, 2.05) is 86.6 Å². The zero-order valence-corrected chi connectivity index (χ0v) is 19.9. The van der Waals surface area contributed by atoms with Crippen molar-refractivity contribution in [3.63, 3.8) is 0 Å². The van der Waals surface area contributed by atoms with Gasteiger partial charge >= 0.3 is 0 Å². The Morgan fingerprint density at radius 1 is 0.882 bits per heavy atom. The van der Waals surface area contributed by atoms with Crippen LogP contribution in [-0.2, 0) is 16.0 Å². The number of rotatable bonds is 9. The molecule has 5 heteroatoms. The minimum absolute atomic E-state index is 0.262. The lowest BCUT2D eigenvalue weighted by atomic mass is 10.0. The number of benzene rings is 3. The molecule has 1 N–H and O–H groups in total. The smallest absolute Gasteiger partial charge is 0.282 e. The topological polar surface area (TPSA) is 58.6 Å². The van der Waals surface area contributed by atoms with E-state index in [9.17, 15) is 9.59 Å². The molecule has 174 valence electrons. The summed E-state index contributed by atoms with van der Waals surface area (Å²) in [6, 6.07) is 22.7. The first-order valence-electron chi connectivity index (χ1n) is 11.8. The van der Waals surface area contributed by atoms with Gasteiger partial charge < -0.3 is 10.1 Å². The summed E-state index contributed by atoms with van der Waals surface area (Å²) in [7, 11) is 0. The molecule has 5 nitrogen and oxygen atoms in total. The van der Waals surface area contributed by atoms with Crippen molar-refractivity contribution in [1.29, 1.82) is 0 Å². The van der Waals surface area contributed by atoms with Gasteiger partial charge in [-0.15, -0.1) is 0 Å². The normalized spacial score (nSPS) is 13.6. The number of nitrogens with one attached hydrogen (secondary N) is 1. The van der Waals surface area contributed by atoms with E-state index in [2.05, 4.69) is 12.2 Å². The van der Waals surface area contributed by atoms with Gasteiger partial charge in [-0.2, -0.15) is 0 Å². The lowest BCUT2D eigenvalue weighted by molar-refractivity contribution is -0.120. The molecule has 0 unspecified atom stereocenters. The Labute approximate surface area is 201 Å². The predicted molar refractivity (Wildman–Crippen MR) is 137 cm³/mol. The second kappa shape index (κ2) is 10.4. The van der Waals surface area contributed by atoms with E-state index in [0.29, 0.717) is 34.9 Å². The molecule has 0 radical (unpaired) electrons. The summed E-state index contributed by atoms with van der Waals surface area (Å²) >= 11 is 0. The first-order valence-corrected chi connectivity index (χ1v) is 11.8. The molecule has 0 atom stereocenters. The van der Waals surface area contributed by atoms with Gasteiger partial charge in [0.15, 0.2) is 0 Å². The van der Waals surface area contributed by atoms with Gasteiger partial charge in [0.1, 0.15) is 11.4 Å². The Kier molecular flexibility index (Phi) is 7.12. The summed E-state index contributed by atoms with van der Waals surface area (Å²) in [5.74, 6) is -0.0106. The van der Waals surface area contributed by atoms with Crippen molar-refractivity contribution in [1.82, 2.24) is 0 Å². The number of hydrogen-bond donors (Lipinski definition) is 1. The molecule has 4 rings (SSSR count). The summed E-state index contributed by atoms with van der Waals surface area (Å²) in [5, 5.41) is 3.21. The Hall–Kier alpha value is -3.86. The highest BCUT2D eigenvalue weighted by Gasteiger charge is 2.40. The first kappa shape index (κ1) is 23.3. The minimum Gasteiger partial charge on any atom is -0.494 e. The molecule has 34 heavy (non-hydrogen) atoms. The van der Waals surface area contributed by atoms with Crippen LogP contribution in [0, 0.1) is 6.92 Å². The van der Waals surface area contributed by atoms with Crippen molar-refractivity contribution in [3.05, 3.63) is 95.2 Å². The number of nitrogens with zero attached hydrogens (tertiary/aromatic N) is 1. The maximum Gasteiger partial charge on any atom is 0.282 e. The third-order valence-corrected chi connectivity index (χ3v) is 5.85. The molecule has 3 aromatic carbocycles.